The number of nitrogens with two attached hydrogens (primary N) is 1. The molecule has 2 aromatic heterocycles. The average Bonchev–Trinajstić information content (AvgIpc) is 3.25. The van der Waals surface area contributed by atoms with Gasteiger partial charge in [0.1, 0.15) is 46.6 Å². The van der Waals surface area contributed by atoms with Crippen LogP contribution < -0.4 is 11.1 Å². The second-order valence-electron chi connectivity index (χ2n) is 6.94. The molecule has 1 saturated heterocycles. The summed E-state index contributed by atoms with van der Waals surface area (Å²) in [5, 5.41) is 17.4. The molecule has 35 heavy (non-hydrogen) atoms. The number of aliphatic carboxylic acids is 1. The molecule has 2 aliphatic rings. The van der Waals surface area contributed by atoms with Gasteiger partial charge in [-0.05, 0) is 11.6 Å². The van der Waals surface area contributed by atoms with Crippen molar-refractivity contribution in [2.75, 3.05) is 18.6 Å². The van der Waals surface area contributed by atoms with E-state index in [0.29, 0.717) is 11.1 Å². The molecule has 4 rings (SSSR count). The van der Waals surface area contributed by atoms with Crippen LogP contribution in [0.3, 0.4) is 0 Å². The van der Waals surface area contributed by atoms with Crippen molar-refractivity contribution in [2.24, 2.45) is 5.16 Å². The third kappa shape index (κ3) is 4.82. The first kappa shape index (κ1) is 24.9. The highest BCUT2D eigenvalue weighted by Gasteiger charge is 2.54. The smallest absolute Gasteiger partial charge is 0.352 e. The number of fused-ring (bicyclic) bond motifs is 1. The highest BCUT2D eigenvalue weighted by atomic mass is 35.5. The Kier molecular flexibility index (Phi) is 7.25. The lowest BCUT2D eigenvalue weighted by Crippen LogP contribution is -2.71. The number of halogens is 2. The average molecular weight is 556 g/mol. The zero-order valence-electron chi connectivity index (χ0n) is 17.6. The second kappa shape index (κ2) is 10.2. The summed E-state index contributed by atoms with van der Waals surface area (Å²) in [6.07, 6.45) is 4.18. The molecule has 0 unspecified atom stereocenters. The van der Waals surface area contributed by atoms with E-state index in [2.05, 4.69) is 25.4 Å². The summed E-state index contributed by atoms with van der Waals surface area (Å²) >= 11 is 14.5. The minimum Gasteiger partial charge on any atom is -0.477 e. The van der Waals surface area contributed by atoms with E-state index >= 15 is 0 Å². The van der Waals surface area contributed by atoms with Gasteiger partial charge in [-0.1, -0.05) is 34.4 Å². The number of carbonyl (C=O) groups is 3. The van der Waals surface area contributed by atoms with E-state index in [1.165, 1.54) is 42.7 Å². The quantitative estimate of drug-likeness (QED) is 0.197. The van der Waals surface area contributed by atoms with Gasteiger partial charge in [-0.3, -0.25) is 14.5 Å². The van der Waals surface area contributed by atoms with Gasteiger partial charge < -0.3 is 21.0 Å². The third-order valence-corrected chi connectivity index (χ3v) is 7.47. The monoisotopic (exact) mass is 555 g/mol. The van der Waals surface area contributed by atoms with Crippen LogP contribution >= 0.6 is 46.3 Å². The zero-order chi connectivity index (χ0) is 25.3. The molecule has 16 heteroatoms. The van der Waals surface area contributed by atoms with Gasteiger partial charge in [-0.25, -0.2) is 19.7 Å². The van der Waals surface area contributed by atoms with E-state index in [9.17, 15) is 19.5 Å². The SMILES string of the molecule is CO/N=C(\C(=O)N[C@@H]1C(=O)N2C(C(=O)O)=C(/C=C\c3c(Cl)ncnc3Cl)CS[C@@H]12)c1csc(N)n1. The Morgan fingerprint density at radius 1 is 1.34 bits per heavy atom. The number of oxime groups is 1. The molecule has 0 aliphatic carbocycles. The predicted molar refractivity (Wildman–Crippen MR) is 131 cm³/mol. The molecule has 0 radical (unpaired) electrons. The highest BCUT2D eigenvalue weighted by molar-refractivity contribution is 8.00. The van der Waals surface area contributed by atoms with Crippen molar-refractivity contribution >= 4 is 81.0 Å². The van der Waals surface area contributed by atoms with Crippen LogP contribution in [-0.4, -0.2) is 72.7 Å². The van der Waals surface area contributed by atoms with Gasteiger partial charge in [-0.15, -0.1) is 23.1 Å². The number of nitrogen functional groups attached to an aromatic ring is 1. The Bertz CT molecular complexity index is 1290. The number of thiazole rings is 1. The third-order valence-electron chi connectivity index (χ3n) is 4.89. The first-order valence-electron chi connectivity index (χ1n) is 9.61. The van der Waals surface area contributed by atoms with E-state index in [1.807, 2.05) is 0 Å². The molecule has 1 fully saturated rings. The molecule has 0 spiro atoms. The van der Waals surface area contributed by atoms with Gasteiger partial charge >= 0.3 is 5.97 Å². The molecule has 182 valence electrons. The standard InChI is InChI=1S/C19H15Cl2N7O5S2/c1-33-27-10(9-5-35-19(22)25-9)15(29)26-11-16(30)28-12(18(31)32)7(4-34-17(11)28)2-3-8-13(20)23-6-24-14(8)21/h2-3,5-6,11,17H,4H2,1H3,(H2,22,25)(H,26,29)(H,31,32)/b3-2-,27-10-/t11-,17+/m1/s1. The van der Waals surface area contributed by atoms with Crippen LogP contribution in [0.5, 0.6) is 0 Å². The van der Waals surface area contributed by atoms with Crippen LogP contribution in [0, 0.1) is 0 Å². The number of rotatable bonds is 7. The van der Waals surface area contributed by atoms with E-state index in [4.69, 9.17) is 33.8 Å². The number of β-lactam (4-membered cyclic amide) rings is 1. The van der Waals surface area contributed by atoms with Crippen molar-refractivity contribution < 1.29 is 24.3 Å². The number of nitrogens with zero attached hydrogens (tertiary/aromatic N) is 5. The predicted octanol–water partition coefficient (Wildman–Crippen LogP) is 1.62. The topological polar surface area (TPSA) is 173 Å². The summed E-state index contributed by atoms with van der Waals surface area (Å²) in [5.74, 6) is -2.36. The lowest BCUT2D eigenvalue weighted by atomic mass is 10.0. The van der Waals surface area contributed by atoms with Gasteiger partial charge in [-0.2, -0.15) is 0 Å². The summed E-state index contributed by atoms with van der Waals surface area (Å²) in [5.41, 5.74) is 6.11. The Morgan fingerprint density at radius 3 is 2.66 bits per heavy atom. The second-order valence-corrected chi connectivity index (χ2v) is 9.65. The minimum absolute atomic E-state index is 0.0956. The van der Waals surface area contributed by atoms with Crippen molar-refractivity contribution in [2.45, 2.75) is 11.4 Å². The fourth-order valence-electron chi connectivity index (χ4n) is 3.35. The number of anilines is 1. The van der Waals surface area contributed by atoms with Gasteiger partial charge in [0.15, 0.2) is 10.8 Å². The number of aromatic nitrogens is 3. The maximum Gasteiger partial charge on any atom is 0.352 e. The van der Waals surface area contributed by atoms with Crippen LogP contribution in [0.25, 0.3) is 6.08 Å². The van der Waals surface area contributed by atoms with Crippen molar-refractivity contribution in [3.05, 3.63) is 50.6 Å². The number of nitrogens with one attached hydrogen (secondary N) is 1. The summed E-state index contributed by atoms with van der Waals surface area (Å²) in [4.78, 5) is 55.3. The highest BCUT2D eigenvalue weighted by Crippen LogP contribution is 2.41. The molecule has 4 heterocycles. The Hall–Kier alpha value is -3.20. The molecule has 2 amide bonds. The molecule has 0 aromatic carbocycles. The number of thioether (sulfide) groups is 1. The summed E-state index contributed by atoms with van der Waals surface area (Å²) < 4.78 is 0. The van der Waals surface area contributed by atoms with Gasteiger partial charge in [0.05, 0.1) is 0 Å². The van der Waals surface area contributed by atoms with Crippen molar-refractivity contribution in [1.29, 1.82) is 0 Å². The Labute approximate surface area is 215 Å². The van der Waals surface area contributed by atoms with Gasteiger partial charge in [0, 0.05) is 16.7 Å². The molecule has 4 N–H and O–H groups in total. The van der Waals surface area contributed by atoms with Crippen LogP contribution in [0.2, 0.25) is 10.3 Å². The number of hydrogen-bond acceptors (Lipinski definition) is 11. The van der Waals surface area contributed by atoms with Crippen LogP contribution in [-0.2, 0) is 19.2 Å². The number of amides is 2. The fraction of sp³-hybridized carbons (Fsp3) is 0.211. The van der Waals surface area contributed by atoms with E-state index in [-0.39, 0.29) is 38.3 Å². The molecule has 2 aliphatic heterocycles. The summed E-state index contributed by atoms with van der Waals surface area (Å²) in [6, 6.07) is -0.975. The van der Waals surface area contributed by atoms with Crippen LogP contribution in [0.4, 0.5) is 5.13 Å². The number of carboxylic acids is 1. The van der Waals surface area contributed by atoms with E-state index < -0.39 is 29.2 Å². The summed E-state index contributed by atoms with van der Waals surface area (Å²) in [6.45, 7) is 0. The normalized spacial score (nSPS) is 20.0. The number of hydrogen-bond donors (Lipinski definition) is 3. The van der Waals surface area contributed by atoms with E-state index in [1.54, 1.807) is 0 Å². The van der Waals surface area contributed by atoms with Crippen LogP contribution in [0.1, 0.15) is 11.3 Å². The first-order valence-corrected chi connectivity index (χ1v) is 12.3. The van der Waals surface area contributed by atoms with E-state index in [0.717, 1.165) is 16.2 Å². The lowest BCUT2D eigenvalue weighted by molar-refractivity contribution is -0.150. The van der Waals surface area contributed by atoms with Crippen molar-refractivity contribution in [1.82, 2.24) is 25.2 Å². The maximum absolute atomic E-state index is 12.9. The van der Waals surface area contributed by atoms with Gasteiger partial charge in [0.25, 0.3) is 11.8 Å². The number of allylic oxidation sites excluding steroid dienone is 1. The lowest BCUT2D eigenvalue weighted by Gasteiger charge is -2.49. The Balaban J connectivity index is 1.56. The molecule has 0 saturated carbocycles. The zero-order valence-corrected chi connectivity index (χ0v) is 20.8. The molecule has 2 atom stereocenters. The van der Waals surface area contributed by atoms with Crippen molar-refractivity contribution in [3.63, 3.8) is 0 Å². The molecular formula is C19H15Cl2N7O5S2. The summed E-state index contributed by atoms with van der Waals surface area (Å²) in [7, 11) is 1.26. The molecule has 12 nitrogen and oxygen atoms in total. The molecular weight excluding hydrogens is 541 g/mol. The maximum atomic E-state index is 12.9. The molecule has 2 aromatic rings. The molecule has 0 bridgehead atoms. The fourth-order valence-corrected chi connectivity index (χ4v) is 5.66. The van der Waals surface area contributed by atoms with Gasteiger partial charge in [0.2, 0.25) is 0 Å². The minimum atomic E-state index is -1.30. The van der Waals surface area contributed by atoms with Crippen molar-refractivity contribution in [3.8, 4) is 0 Å². The number of carbonyl (C=O) groups excluding carboxylic acids is 2. The largest absolute Gasteiger partial charge is 0.477 e. The van der Waals surface area contributed by atoms with Crippen LogP contribution in [0.15, 0.2) is 34.2 Å². The first-order chi connectivity index (χ1) is 16.7. The Morgan fingerprint density at radius 2 is 2.06 bits per heavy atom. The number of carboxylic acid groups (broad SMARTS) is 1.